The highest BCUT2D eigenvalue weighted by molar-refractivity contribution is 5.86. The molecule has 35 heavy (non-hydrogen) atoms. The van der Waals surface area contributed by atoms with Gasteiger partial charge in [0, 0.05) is 41.5 Å². The van der Waals surface area contributed by atoms with E-state index in [9.17, 15) is 9.18 Å². The first kappa shape index (κ1) is 19.5. The molecule has 5 heterocycles. The fraction of sp³-hybridized carbons (Fsp3) is 0.0385. The second kappa shape index (κ2) is 7.29. The van der Waals surface area contributed by atoms with Crippen LogP contribution in [0.4, 0.5) is 9.18 Å². The van der Waals surface area contributed by atoms with E-state index in [4.69, 9.17) is 4.74 Å². The number of halogens is 1. The van der Waals surface area contributed by atoms with Gasteiger partial charge in [0.25, 0.3) is 0 Å². The number of amides is 1. The first-order valence-electron chi connectivity index (χ1n) is 11.0. The average Bonchev–Trinajstić information content (AvgIpc) is 3.63. The number of rotatable bonds is 3. The van der Waals surface area contributed by atoms with Crippen LogP contribution in [-0.4, -0.2) is 30.6 Å². The minimum Gasteiger partial charge on any atom is -0.409 e. The van der Waals surface area contributed by atoms with Crippen LogP contribution in [0.2, 0.25) is 0 Å². The molecule has 0 saturated carbocycles. The standard InChI is InChI=1S/C26H17FN6O2/c27-14-6-7-18-19(13-14)31-25(30-18)17-4-1-3-16-22(20-5-2-12-33(20)23(16)17)32-26(34)35-21-9-11-29-24-15(21)8-10-28-24/h1-13,22H,(H,28,29)(H,30,31)(H,32,34). The highest BCUT2D eigenvalue weighted by Crippen LogP contribution is 2.41. The fourth-order valence-corrected chi connectivity index (χ4v) is 4.78. The van der Waals surface area contributed by atoms with E-state index >= 15 is 0 Å². The molecule has 0 bridgehead atoms. The van der Waals surface area contributed by atoms with Gasteiger partial charge in [0.2, 0.25) is 0 Å². The molecule has 4 aromatic heterocycles. The van der Waals surface area contributed by atoms with Crippen molar-refractivity contribution in [2.45, 2.75) is 6.04 Å². The van der Waals surface area contributed by atoms with Crippen LogP contribution in [0.1, 0.15) is 17.3 Å². The predicted molar refractivity (Wildman–Crippen MR) is 128 cm³/mol. The number of para-hydroxylation sites is 1. The normalized spacial score (nSPS) is 14.3. The number of benzene rings is 2. The van der Waals surface area contributed by atoms with Crippen LogP contribution >= 0.6 is 0 Å². The van der Waals surface area contributed by atoms with Crippen molar-refractivity contribution in [1.82, 2.24) is 29.8 Å². The Bertz CT molecular complexity index is 1760. The van der Waals surface area contributed by atoms with Crippen LogP contribution in [0, 0.1) is 5.82 Å². The zero-order chi connectivity index (χ0) is 23.5. The van der Waals surface area contributed by atoms with E-state index in [2.05, 4.69) is 25.3 Å². The maximum Gasteiger partial charge on any atom is 0.413 e. The number of aromatic amines is 2. The Kier molecular flexibility index (Phi) is 4.07. The van der Waals surface area contributed by atoms with E-state index in [0.29, 0.717) is 28.3 Å². The van der Waals surface area contributed by atoms with Crippen molar-refractivity contribution >= 4 is 28.2 Å². The third kappa shape index (κ3) is 3.02. The second-order valence-electron chi connectivity index (χ2n) is 8.31. The Hall–Kier alpha value is -4.92. The molecule has 170 valence electrons. The van der Waals surface area contributed by atoms with Crippen molar-refractivity contribution in [3.63, 3.8) is 0 Å². The Morgan fingerprint density at radius 1 is 1.11 bits per heavy atom. The lowest BCUT2D eigenvalue weighted by molar-refractivity contribution is 0.198. The summed E-state index contributed by atoms with van der Waals surface area (Å²) in [5.41, 5.74) is 5.49. The number of H-pyrrole nitrogens is 2. The SMILES string of the molecule is O=C(NC1c2cccc(-c3nc4ccc(F)cc4[nH]3)c2-n2cccc21)Oc1ccnc2[nH]ccc12. The summed E-state index contributed by atoms with van der Waals surface area (Å²) >= 11 is 0. The lowest BCUT2D eigenvalue weighted by Crippen LogP contribution is -2.30. The number of fused-ring (bicyclic) bond motifs is 5. The van der Waals surface area contributed by atoms with Gasteiger partial charge in [0.15, 0.2) is 0 Å². The van der Waals surface area contributed by atoms with Gasteiger partial charge in [-0.15, -0.1) is 0 Å². The quantitative estimate of drug-likeness (QED) is 0.334. The summed E-state index contributed by atoms with van der Waals surface area (Å²) in [5, 5.41) is 3.73. The summed E-state index contributed by atoms with van der Waals surface area (Å²) in [4.78, 5) is 28.1. The molecule has 1 aliphatic rings. The van der Waals surface area contributed by atoms with Crippen LogP contribution in [-0.2, 0) is 0 Å². The molecule has 0 aliphatic carbocycles. The molecule has 1 atom stereocenters. The fourth-order valence-electron chi connectivity index (χ4n) is 4.78. The number of carbonyl (C=O) groups excluding carboxylic acids is 1. The van der Waals surface area contributed by atoms with Gasteiger partial charge < -0.3 is 24.6 Å². The summed E-state index contributed by atoms with van der Waals surface area (Å²) < 4.78 is 21.4. The maximum absolute atomic E-state index is 13.7. The van der Waals surface area contributed by atoms with Crippen LogP contribution in [0.25, 0.3) is 39.1 Å². The Morgan fingerprint density at radius 3 is 3.00 bits per heavy atom. The number of ether oxygens (including phenoxy) is 1. The van der Waals surface area contributed by atoms with E-state index in [-0.39, 0.29) is 5.82 Å². The number of pyridine rings is 1. The van der Waals surface area contributed by atoms with Gasteiger partial charge in [0.1, 0.15) is 29.1 Å². The first-order chi connectivity index (χ1) is 17.2. The molecule has 3 N–H and O–H groups in total. The molecule has 7 rings (SSSR count). The van der Waals surface area contributed by atoms with Crippen molar-refractivity contribution in [3.05, 3.63) is 96.3 Å². The van der Waals surface area contributed by atoms with E-state index in [1.165, 1.54) is 12.1 Å². The molecule has 0 spiro atoms. The van der Waals surface area contributed by atoms with Gasteiger partial charge in [-0.3, -0.25) is 0 Å². The number of aromatic nitrogens is 5. The number of hydrogen-bond acceptors (Lipinski definition) is 4. The van der Waals surface area contributed by atoms with Crippen molar-refractivity contribution < 1.29 is 13.9 Å². The van der Waals surface area contributed by atoms with Gasteiger partial charge in [-0.25, -0.2) is 19.2 Å². The van der Waals surface area contributed by atoms with Crippen LogP contribution in [0.3, 0.4) is 0 Å². The number of nitrogens with one attached hydrogen (secondary N) is 3. The molecule has 9 heteroatoms. The largest absolute Gasteiger partial charge is 0.413 e. The molecular weight excluding hydrogens is 447 g/mol. The molecule has 0 radical (unpaired) electrons. The Balaban J connectivity index is 1.26. The van der Waals surface area contributed by atoms with Crippen molar-refractivity contribution in [2.24, 2.45) is 0 Å². The third-order valence-corrected chi connectivity index (χ3v) is 6.28. The van der Waals surface area contributed by atoms with Crippen molar-refractivity contribution in [3.8, 4) is 22.8 Å². The van der Waals surface area contributed by atoms with E-state index < -0.39 is 12.1 Å². The topological polar surface area (TPSA) is 101 Å². The zero-order valence-corrected chi connectivity index (χ0v) is 18.1. The number of imidazole rings is 1. The maximum atomic E-state index is 13.7. The van der Waals surface area contributed by atoms with Gasteiger partial charge in [0.05, 0.1) is 22.1 Å². The van der Waals surface area contributed by atoms with Crippen LogP contribution < -0.4 is 10.1 Å². The number of hydrogen-bond donors (Lipinski definition) is 3. The molecule has 8 nitrogen and oxygen atoms in total. The zero-order valence-electron chi connectivity index (χ0n) is 18.1. The summed E-state index contributed by atoms with van der Waals surface area (Å²) in [6.07, 6.45) is 4.70. The van der Waals surface area contributed by atoms with E-state index in [0.717, 1.165) is 27.9 Å². The number of carbonyl (C=O) groups is 1. The molecule has 2 aromatic carbocycles. The minimum absolute atomic E-state index is 0.326. The van der Waals surface area contributed by atoms with Gasteiger partial charge in [-0.05, 0) is 42.5 Å². The molecule has 1 aliphatic heterocycles. The molecular formula is C26H17FN6O2. The summed E-state index contributed by atoms with van der Waals surface area (Å²) in [6, 6.07) is 17.2. The molecule has 0 saturated heterocycles. The first-order valence-corrected chi connectivity index (χ1v) is 11.0. The lowest BCUT2D eigenvalue weighted by Gasteiger charge is -2.15. The van der Waals surface area contributed by atoms with Crippen molar-refractivity contribution in [1.29, 1.82) is 0 Å². The summed E-state index contributed by atoms with van der Waals surface area (Å²) in [5.74, 6) is 0.718. The molecule has 6 aromatic rings. The number of nitrogens with zero attached hydrogens (tertiary/aromatic N) is 3. The third-order valence-electron chi connectivity index (χ3n) is 6.28. The van der Waals surface area contributed by atoms with Gasteiger partial charge in [-0.2, -0.15) is 0 Å². The Labute approximate surface area is 197 Å². The summed E-state index contributed by atoms with van der Waals surface area (Å²) in [7, 11) is 0. The molecule has 0 fully saturated rings. The summed E-state index contributed by atoms with van der Waals surface area (Å²) in [6.45, 7) is 0. The Morgan fingerprint density at radius 2 is 2.06 bits per heavy atom. The van der Waals surface area contributed by atoms with Gasteiger partial charge in [-0.1, -0.05) is 12.1 Å². The molecule has 1 amide bonds. The van der Waals surface area contributed by atoms with Gasteiger partial charge >= 0.3 is 6.09 Å². The highest BCUT2D eigenvalue weighted by atomic mass is 19.1. The van der Waals surface area contributed by atoms with E-state index in [1.807, 2.05) is 47.2 Å². The van der Waals surface area contributed by atoms with E-state index in [1.54, 1.807) is 24.5 Å². The van der Waals surface area contributed by atoms with Crippen LogP contribution in [0.15, 0.2) is 79.3 Å². The minimum atomic E-state index is -0.575. The monoisotopic (exact) mass is 464 g/mol. The smallest absolute Gasteiger partial charge is 0.409 e. The predicted octanol–water partition coefficient (Wildman–Crippen LogP) is 5.23. The van der Waals surface area contributed by atoms with Crippen molar-refractivity contribution in [2.75, 3.05) is 0 Å². The highest BCUT2D eigenvalue weighted by Gasteiger charge is 2.33. The second-order valence-corrected chi connectivity index (χ2v) is 8.31. The average molecular weight is 464 g/mol. The lowest BCUT2D eigenvalue weighted by atomic mass is 10.0. The van der Waals surface area contributed by atoms with Crippen LogP contribution in [0.5, 0.6) is 5.75 Å². The molecule has 1 unspecified atom stereocenters.